The van der Waals surface area contributed by atoms with Crippen molar-refractivity contribution in [3.05, 3.63) is 35.4 Å². The summed E-state index contributed by atoms with van der Waals surface area (Å²) in [5.74, 6) is 0.146. The molecule has 1 aromatic carbocycles. The Morgan fingerprint density at radius 2 is 2.30 bits per heavy atom. The molecule has 3 rings (SSSR count). The van der Waals surface area contributed by atoms with Crippen molar-refractivity contribution in [1.82, 2.24) is 10.2 Å². The molecule has 2 aliphatic heterocycles. The van der Waals surface area contributed by atoms with Crippen molar-refractivity contribution in [2.75, 3.05) is 26.7 Å². The van der Waals surface area contributed by atoms with Gasteiger partial charge in [-0.05, 0) is 30.4 Å². The van der Waals surface area contributed by atoms with Crippen molar-refractivity contribution in [3.8, 4) is 0 Å². The van der Waals surface area contributed by atoms with Crippen LogP contribution in [0.15, 0.2) is 24.3 Å². The molecular weight excluding hydrogens is 252 g/mol. The molecule has 0 radical (unpaired) electrons. The highest BCUT2D eigenvalue weighted by Crippen LogP contribution is 2.24. The van der Waals surface area contributed by atoms with Crippen LogP contribution in [0.5, 0.6) is 0 Å². The summed E-state index contributed by atoms with van der Waals surface area (Å²) >= 11 is 0. The van der Waals surface area contributed by atoms with Gasteiger partial charge in [0.15, 0.2) is 0 Å². The number of hydrogen-bond donors (Lipinski definition) is 1. The number of likely N-dealkylation sites (N-methyl/N-ethyl adjacent to an activating group) is 1. The van der Waals surface area contributed by atoms with Crippen LogP contribution in [0.2, 0.25) is 0 Å². The molecular formula is C16H22N2O2. The molecule has 2 atom stereocenters. The third-order valence-electron chi connectivity index (χ3n) is 4.23. The smallest absolute Gasteiger partial charge is 0.244 e. The minimum absolute atomic E-state index is 0.146. The molecule has 2 unspecified atom stereocenters. The number of rotatable bonds is 3. The maximum Gasteiger partial charge on any atom is 0.244 e. The SMILES string of the molecule is CN(CC1CCCO1)C(=O)C1NCCc2ccccc21. The molecule has 0 aliphatic carbocycles. The predicted molar refractivity (Wildman–Crippen MR) is 77.5 cm³/mol. The molecule has 20 heavy (non-hydrogen) atoms. The van der Waals surface area contributed by atoms with Crippen LogP contribution in [0, 0.1) is 0 Å². The van der Waals surface area contributed by atoms with E-state index in [9.17, 15) is 4.79 Å². The number of benzene rings is 1. The Bertz CT molecular complexity index is 483. The van der Waals surface area contributed by atoms with Gasteiger partial charge in [-0.25, -0.2) is 0 Å². The van der Waals surface area contributed by atoms with Gasteiger partial charge in [0, 0.05) is 26.7 Å². The Morgan fingerprint density at radius 1 is 1.45 bits per heavy atom. The largest absolute Gasteiger partial charge is 0.376 e. The molecule has 4 heteroatoms. The van der Waals surface area contributed by atoms with Gasteiger partial charge in [0.05, 0.1) is 6.10 Å². The maximum atomic E-state index is 12.7. The number of amides is 1. The molecule has 1 saturated heterocycles. The second-order valence-corrected chi connectivity index (χ2v) is 5.69. The van der Waals surface area contributed by atoms with E-state index in [0.717, 1.165) is 38.0 Å². The summed E-state index contributed by atoms with van der Waals surface area (Å²) in [5.41, 5.74) is 2.41. The number of fused-ring (bicyclic) bond motifs is 1. The first-order valence-corrected chi connectivity index (χ1v) is 7.43. The molecule has 1 N–H and O–H groups in total. The van der Waals surface area contributed by atoms with Crippen molar-refractivity contribution in [2.24, 2.45) is 0 Å². The molecule has 0 saturated carbocycles. The Hall–Kier alpha value is -1.39. The third kappa shape index (κ3) is 2.72. The lowest BCUT2D eigenvalue weighted by Crippen LogP contribution is -2.44. The summed E-state index contributed by atoms with van der Waals surface area (Å²) in [6.07, 6.45) is 3.38. The van der Waals surface area contributed by atoms with E-state index in [1.165, 1.54) is 5.56 Å². The maximum absolute atomic E-state index is 12.7. The van der Waals surface area contributed by atoms with Crippen molar-refractivity contribution < 1.29 is 9.53 Å². The molecule has 4 nitrogen and oxygen atoms in total. The van der Waals surface area contributed by atoms with Crippen LogP contribution >= 0.6 is 0 Å². The minimum atomic E-state index is -0.202. The summed E-state index contributed by atoms with van der Waals surface area (Å²) in [6.45, 7) is 2.39. The van der Waals surface area contributed by atoms with E-state index in [-0.39, 0.29) is 18.1 Å². The minimum Gasteiger partial charge on any atom is -0.376 e. The summed E-state index contributed by atoms with van der Waals surface area (Å²) < 4.78 is 5.62. The van der Waals surface area contributed by atoms with Crippen LogP contribution in [0.25, 0.3) is 0 Å². The number of nitrogens with one attached hydrogen (secondary N) is 1. The highest BCUT2D eigenvalue weighted by Gasteiger charge is 2.29. The fourth-order valence-electron chi connectivity index (χ4n) is 3.13. The van der Waals surface area contributed by atoms with Crippen LogP contribution in [0.4, 0.5) is 0 Å². The quantitative estimate of drug-likeness (QED) is 0.908. The second kappa shape index (κ2) is 5.94. The Morgan fingerprint density at radius 3 is 3.10 bits per heavy atom. The van der Waals surface area contributed by atoms with E-state index in [1.807, 2.05) is 24.1 Å². The van der Waals surface area contributed by atoms with Crippen molar-refractivity contribution >= 4 is 5.91 Å². The summed E-state index contributed by atoms with van der Waals surface area (Å²) in [6, 6.07) is 8.03. The average molecular weight is 274 g/mol. The van der Waals surface area contributed by atoms with Crippen LogP contribution < -0.4 is 5.32 Å². The standard InChI is InChI=1S/C16H22N2O2/c1-18(11-13-6-4-10-20-13)16(19)15-14-7-3-2-5-12(14)8-9-17-15/h2-3,5,7,13,15,17H,4,6,8-11H2,1H3. The van der Waals surface area contributed by atoms with Gasteiger partial charge >= 0.3 is 0 Å². The van der Waals surface area contributed by atoms with E-state index in [2.05, 4.69) is 17.4 Å². The lowest BCUT2D eigenvalue weighted by atomic mass is 9.93. The lowest BCUT2D eigenvalue weighted by molar-refractivity contribution is -0.133. The second-order valence-electron chi connectivity index (χ2n) is 5.69. The average Bonchev–Trinajstić information content (AvgIpc) is 2.99. The zero-order chi connectivity index (χ0) is 13.9. The number of ether oxygens (including phenoxy) is 1. The van der Waals surface area contributed by atoms with E-state index < -0.39 is 0 Å². The van der Waals surface area contributed by atoms with Gasteiger partial charge in [-0.15, -0.1) is 0 Å². The van der Waals surface area contributed by atoms with Gasteiger partial charge in [-0.1, -0.05) is 24.3 Å². The van der Waals surface area contributed by atoms with Crippen molar-refractivity contribution in [2.45, 2.75) is 31.4 Å². The summed E-state index contributed by atoms with van der Waals surface area (Å²) in [5, 5.41) is 3.35. The third-order valence-corrected chi connectivity index (χ3v) is 4.23. The van der Waals surface area contributed by atoms with Gasteiger partial charge < -0.3 is 15.0 Å². The van der Waals surface area contributed by atoms with Crippen LogP contribution in [-0.2, 0) is 16.0 Å². The van der Waals surface area contributed by atoms with Gasteiger partial charge in [-0.2, -0.15) is 0 Å². The van der Waals surface area contributed by atoms with E-state index >= 15 is 0 Å². The Kier molecular flexibility index (Phi) is 4.03. The lowest BCUT2D eigenvalue weighted by Gasteiger charge is -2.30. The van der Waals surface area contributed by atoms with E-state index in [0.29, 0.717) is 6.54 Å². The first kappa shape index (κ1) is 13.6. The van der Waals surface area contributed by atoms with Gasteiger partial charge in [0.1, 0.15) is 6.04 Å². The monoisotopic (exact) mass is 274 g/mol. The molecule has 0 aromatic heterocycles. The zero-order valence-electron chi connectivity index (χ0n) is 12.0. The number of carbonyl (C=O) groups is 1. The predicted octanol–water partition coefficient (Wildman–Crippen LogP) is 1.51. The molecule has 108 valence electrons. The van der Waals surface area contributed by atoms with Crippen molar-refractivity contribution in [1.29, 1.82) is 0 Å². The summed E-state index contributed by atoms with van der Waals surface area (Å²) in [4.78, 5) is 14.5. The molecule has 1 fully saturated rings. The molecule has 0 spiro atoms. The van der Waals surface area contributed by atoms with Crippen molar-refractivity contribution in [3.63, 3.8) is 0 Å². The molecule has 2 heterocycles. The van der Waals surface area contributed by atoms with Gasteiger partial charge in [-0.3, -0.25) is 4.79 Å². The number of nitrogens with zero attached hydrogens (tertiary/aromatic N) is 1. The first-order chi connectivity index (χ1) is 9.75. The fraction of sp³-hybridized carbons (Fsp3) is 0.562. The summed E-state index contributed by atoms with van der Waals surface area (Å²) in [7, 11) is 1.88. The van der Waals surface area contributed by atoms with Crippen LogP contribution in [0.1, 0.15) is 30.0 Å². The van der Waals surface area contributed by atoms with Gasteiger partial charge in [0.2, 0.25) is 5.91 Å². The highest BCUT2D eigenvalue weighted by atomic mass is 16.5. The van der Waals surface area contributed by atoms with E-state index in [4.69, 9.17) is 4.74 Å². The van der Waals surface area contributed by atoms with Crippen LogP contribution in [0.3, 0.4) is 0 Å². The molecule has 0 bridgehead atoms. The zero-order valence-corrected chi connectivity index (χ0v) is 12.0. The number of carbonyl (C=O) groups excluding carboxylic acids is 1. The van der Waals surface area contributed by atoms with E-state index in [1.54, 1.807) is 0 Å². The highest BCUT2D eigenvalue weighted by molar-refractivity contribution is 5.83. The Labute approximate surface area is 120 Å². The molecule has 1 amide bonds. The Balaban J connectivity index is 1.70. The number of hydrogen-bond acceptors (Lipinski definition) is 3. The molecule has 1 aromatic rings. The first-order valence-electron chi connectivity index (χ1n) is 7.43. The van der Waals surface area contributed by atoms with Gasteiger partial charge in [0.25, 0.3) is 0 Å². The van der Waals surface area contributed by atoms with Crippen LogP contribution in [-0.4, -0.2) is 43.7 Å². The normalized spacial score (nSPS) is 25.2. The fourth-order valence-corrected chi connectivity index (χ4v) is 3.13. The topological polar surface area (TPSA) is 41.6 Å². The molecule has 2 aliphatic rings.